The average Bonchev–Trinajstić information content (AvgIpc) is 2.49. The van der Waals surface area contributed by atoms with Gasteiger partial charge < -0.3 is 9.80 Å². The molecule has 1 fully saturated rings. The van der Waals surface area contributed by atoms with Crippen LogP contribution in [0.25, 0.3) is 0 Å². The summed E-state index contributed by atoms with van der Waals surface area (Å²) in [6, 6.07) is 7.94. The lowest BCUT2D eigenvalue weighted by Gasteiger charge is -2.36. The minimum atomic E-state index is 0.465. The van der Waals surface area contributed by atoms with Crippen LogP contribution in [0.15, 0.2) is 36.7 Å². The molecule has 0 N–H and O–H groups in total. The number of hydrogen-bond acceptors (Lipinski definition) is 4. The van der Waals surface area contributed by atoms with Crippen molar-refractivity contribution in [3.63, 3.8) is 0 Å². The van der Waals surface area contributed by atoms with Crippen molar-refractivity contribution in [2.45, 2.75) is 0 Å². The lowest BCUT2D eigenvalue weighted by Crippen LogP contribution is -2.47. The van der Waals surface area contributed by atoms with Crippen molar-refractivity contribution in [1.82, 2.24) is 9.97 Å². The van der Waals surface area contributed by atoms with Crippen LogP contribution in [0, 0.1) is 0 Å². The Labute approximate surface area is 128 Å². The molecule has 1 aliphatic rings. The highest BCUT2D eigenvalue weighted by molar-refractivity contribution is 6.31. The van der Waals surface area contributed by atoms with Gasteiger partial charge in [-0.2, -0.15) is 0 Å². The lowest BCUT2D eigenvalue weighted by atomic mass is 10.2. The number of piperazine rings is 1. The first-order valence-electron chi connectivity index (χ1n) is 6.46. The van der Waals surface area contributed by atoms with Gasteiger partial charge in [0.05, 0.1) is 0 Å². The zero-order valence-corrected chi connectivity index (χ0v) is 12.3. The Kier molecular flexibility index (Phi) is 3.94. The minimum absolute atomic E-state index is 0.465. The van der Waals surface area contributed by atoms with E-state index in [1.807, 2.05) is 24.3 Å². The summed E-state index contributed by atoms with van der Waals surface area (Å²) in [4.78, 5) is 12.9. The van der Waals surface area contributed by atoms with Crippen LogP contribution in [-0.4, -0.2) is 36.1 Å². The van der Waals surface area contributed by atoms with Crippen LogP contribution in [0.4, 0.5) is 11.5 Å². The van der Waals surface area contributed by atoms with E-state index in [1.54, 1.807) is 12.4 Å². The molecule has 3 rings (SSSR count). The molecular weight excluding hydrogens is 295 g/mol. The van der Waals surface area contributed by atoms with Crippen molar-refractivity contribution in [3.8, 4) is 0 Å². The highest BCUT2D eigenvalue weighted by Gasteiger charge is 2.20. The number of rotatable bonds is 2. The van der Waals surface area contributed by atoms with Gasteiger partial charge in [0.1, 0.15) is 0 Å². The Hall–Kier alpha value is -1.52. The summed E-state index contributed by atoms with van der Waals surface area (Å²) >= 11 is 12.0. The van der Waals surface area contributed by atoms with Crippen LogP contribution >= 0.6 is 23.2 Å². The van der Waals surface area contributed by atoms with E-state index in [2.05, 4.69) is 19.8 Å². The fraction of sp³-hybridized carbons (Fsp3) is 0.286. The van der Waals surface area contributed by atoms with Crippen LogP contribution in [0.2, 0.25) is 10.2 Å². The maximum absolute atomic E-state index is 6.08. The van der Waals surface area contributed by atoms with Crippen molar-refractivity contribution < 1.29 is 0 Å². The number of nitrogens with zero attached hydrogens (tertiary/aromatic N) is 4. The second kappa shape index (κ2) is 5.85. The molecule has 2 aromatic rings. The summed E-state index contributed by atoms with van der Waals surface area (Å²) in [5, 5.41) is 1.23. The Bertz CT molecular complexity index is 580. The summed E-state index contributed by atoms with van der Waals surface area (Å²) in [6.45, 7) is 3.60. The largest absolute Gasteiger partial charge is 0.368 e. The molecule has 0 unspecified atom stereocenters. The van der Waals surface area contributed by atoms with Crippen LogP contribution in [0.5, 0.6) is 0 Å². The molecule has 104 valence electrons. The van der Waals surface area contributed by atoms with E-state index in [0.29, 0.717) is 5.15 Å². The van der Waals surface area contributed by atoms with Gasteiger partial charge in [0.15, 0.2) is 11.0 Å². The molecule has 6 heteroatoms. The van der Waals surface area contributed by atoms with Gasteiger partial charge in [0.25, 0.3) is 0 Å². The molecule has 0 aliphatic carbocycles. The Morgan fingerprint density at radius 1 is 0.800 bits per heavy atom. The van der Waals surface area contributed by atoms with Crippen molar-refractivity contribution in [1.29, 1.82) is 0 Å². The van der Waals surface area contributed by atoms with E-state index in [9.17, 15) is 0 Å². The minimum Gasteiger partial charge on any atom is -0.368 e. The van der Waals surface area contributed by atoms with Gasteiger partial charge in [0.2, 0.25) is 0 Å². The van der Waals surface area contributed by atoms with E-state index in [0.717, 1.165) is 37.0 Å². The Balaban J connectivity index is 1.68. The molecule has 1 aromatic heterocycles. The van der Waals surface area contributed by atoms with Crippen LogP contribution in [-0.2, 0) is 0 Å². The molecule has 0 spiro atoms. The predicted octanol–water partition coefficient (Wildman–Crippen LogP) is 3.11. The molecule has 1 aromatic carbocycles. The van der Waals surface area contributed by atoms with Gasteiger partial charge in [-0.15, -0.1) is 0 Å². The normalized spacial score (nSPS) is 15.5. The maximum Gasteiger partial charge on any atom is 0.171 e. The first kappa shape index (κ1) is 13.5. The topological polar surface area (TPSA) is 32.3 Å². The average molecular weight is 309 g/mol. The summed E-state index contributed by atoms with van der Waals surface area (Å²) in [5.41, 5.74) is 1.19. The zero-order chi connectivity index (χ0) is 13.9. The molecule has 0 saturated carbocycles. The molecule has 2 heterocycles. The maximum atomic E-state index is 6.08. The number of hydrogen-bond donors (Lipinski definition) is 0. The third-order valence-corrected chi connectivity index (χ3v) is 3.93. The van der Waals surface area contributed by atoms with Gasteiger partial charge in [-0.05, 0) is 24.3 Å². The molecule has 0 amide bonds. The number of halogens is 2. The van der Waals surface area contributed by atoms with E-state index >= 15 is 0 Å². The number of aromatic nitrogens is 2. The summed E-state index contributed by atoms with van der Waals surface area (Å²) in [6.07, 6.45) is 3.28. The number of benzene rings is 1. The van der Waals surface area contributed by atoms with Crippen molar-refractivity contribution in [3.05, 3.63) is 46.8 Å². The molecule has 4 nitrogen and oxygen atoms in total. The fourth-order valence-corrected chi connectivity index (χ4v) is 2.70. The standard InChI is InChI=1S/C14H14Cl2N4/c15-11-1-3-12(4-2-11)19-7-9-20(10-8-19)14-13(16)17-5-6-18-14/h1-6H,7-10H2. The Morgan fingerprint density at radius 2 is 1.40 bits per heavy atom. The molecule has 1 saturated heterocycles. The van der Waals surface area contributed by atoms with Crippen LogP contribution in [0.1, 0.15) is 0 Å². The monoisotopic (exact) mass is 308 g/mol. The third kappa shape index (κ3) is 2.81. The van der Waals surface area contributed by atoms with Gasteiger partial charge >= 0.3 is 0 Å². The highest BCUT2D eigenvalue weighted by Crippen LogP contribution is 2.24. The van der Waals surface area contributed by atoms with Gasteiger partial charge in [-0.25, -0.2) is 9.97 Å². The number of anilines is 2. The zero-order valence-electron chi connectivity index (χ0n) is 10.8. The second-order valence-electron chi connectivity index (χ2n) is 4.62. The highest BCUT2D eigenvalue weighted by atomic mass is 35.5. The quantitative estimate of drug-likeness (QED) is 0.853. The second-order valence-corrected chi connectivity index (χ2v) is 5.42. The summed E-state index contributed by atoms with van der Waals surface area (Å²) in [5.74, 6) is 0.768. The van der Waals surface area contributed by atoms with E-state index < -0.39 is 0 Å². The van der Waals surface area contributed by atoms with E-state index in [-0.39, 0.29) is 0 Å². The van der Waals surface area contributed by atoms with Gasteiger partial charge in [-0.1, -0.05) is 23.2 Å². The van der Waals surface area contributed by atoms with Crippen molar-refractivity contribution in [2.24, 2.45) is 0 Å². The van der Waals surface area contributed by atoms with Gasteiger partial charge in [0, 0.05) is 49.3 Å². The first-order valence-corrected chi connectivity index (χ1v) is 7.21. The SMILES string of the molecule is Clc1ccc(N2CCN(c3nccnc3Cl)CC2)cc1. The first-order chi connectivity index (χ1) is 9.74. The summed E-state index contributed by atoms with van der Waals surface area (Å²) < 4.78 is 0. The molecule has 1 aliphatic heterocycles. The predicted molar refractivity (Wildman–Crippen MR) is 82.9 cm³/mol. The molecular formula is C14H14Cl2N4. The smallest absolute Gasteiger partial charge is 0.171 e. The molecule has 0 atom stereocenters. The van der Waals surface area contributed by atoms with Crippen LogP contribution in [0.3, 0.4) is 0 Å². The van der Waals surface area contributed by atoms with E-state index in [1.165, 1.54) is 5.69 Å². The van der Waals surface area contributed by atoms with Crippen molar-refractivity contribution >= 4 is 34.7 Å². The molecule has 0 radical (unpaired) electrons. The Morgan fingerprint density at radius 3 is 2.05 bits per heavy atom. The fourth-order valence-electron chi connectivity index (χ4n) is 2.35. The molecule has 20 heavy (non-hydrogen) atoms. The molecule has 0 bridgehead atoms. The third-order valence-electron chi connectivity index (χ3n) is 3.41. The van der Waals surface area contributed by atoms with Gasteiger partial charge in [-0.3, -0.25) is 0 Å². The van der Waals surface area contributed by atoms with Crippen LogP contribution < -0.4 is 9.80 Å². The van der Waals surface area contributed by atoms with Crippen molar-refractivity contribution in [2.75, 3.05) is 36.0 Å². The summed E-state index contributed by atoms with van der Waals surface area (Å²) in [7, 11) is 0. The van der Waals surface area contributed by atoms with E-state index in [4.69, 9.17) is 23.2 Å². The lowest BCUT2D eigenvalue weighted by molar-refractivity contribution is 0.646.